The van der Waals surface area contributed by atoms with Crippen LogP contribution in [0.15, 0.2) is 29.2 Å². The van der Waals surface area contributed by atoms with Gasteiger partial charge in [-0.1, -0.05) is 6.92 Å². The third-order valence-corrected chi connectivity index (χ3v) is 6.28. The summed E-state index contributed by atoms with van der Waals surface area (Å²) in [5, 5.41) is 0. The molecule has 118 valence electrons. The van der Waals surface area contributed by atoms with E-state index in [4.69, 9.17) is 4.74 Å². The van der Waals surface area contributed by atoms with Crippen LogP contribution in [0.2, 0.25) is 0 Å². The molecule has 6 heteroatoms. The fourth-order valence-electron chi connectivity index (χ4n) is 2.69. The van der Waals surface area contributed by atoms with Crippen LogP contribution in [0, 0.1) is 0 Å². The summed E-state index contributed by atoms with van der Waals surface area (Å²) in [4.78, 5) is 1.84. The van der Waals surface area contributed by atoms with Gasteiger partial charge in [-0.3, -0.25) is 0 Å². The second kappa shape index (κ2) is 6.77. The Morgan fingerprint density at radius 1 is 1.24 bits per heavy atom. The molecule has 1 aromatic carbocycles. The number of quaternary nitrogens is 1. The number of sulfonamides is 1. The quantitative estimate of drug-likeness (QED) is 0.855. The van der Waals surface area contributed by atoms with Crippen molar-refractivity contribution in [2.24, 2.45) is 0 Å². The number of methoxy groups -OCH3 is 1. The Labute approximate surface area is 127 Å². The smallest absolute Gasteiger partial charge is 0.243 e. The number of nitrogens with zero attached hydrogens (tertiary/aromatic N) is 1. The molecule has 5 nitrogen and oxygen atoms in total. The molecule has 1 aromatic rings. The van der Waals surface area contributed by atoms with Crippen molar-refractivity contribution in [1.29, 1.82) is 0 Å². The normalized spacial score (nSPS) is 19.4. The zero-order chi connectivity index (χ0) is 15.5. The van der Waals surface area contributed by atoms with Gasteiger partial charge < -0.3 is 9.64 Å². The van der Waals surface area contributed by atoms with E-state index in [0.29, 0.717) is 29.8 Å². The maximum Gasteiger partial charge on any atom is 0.243 e. The summed E-state index contributed by atoms with van der Waals surface area (Å²) in [5.74, 6) is 0.667. The number of hydrogen-bond donors (Lipinski definition) is 1. The van der Waals surface area contributed by atoms with Crippen molar-refractivity contribution in [3.05, 3.63) is 24.3 Å². The highest BCUT2D eigenvalue weighted by Gasteiger charge is 2.31. The summed E-state index contributed by atoms with van der Waals surface area (Å²) in [6.45, 7) is 7.35. The summed E-state index contributed by atoms with van der Waals surface area (Å²) < 4.78 is 31.9. The van der Waals surface area contributed by atoms with Crippen LogP contribution in [0.5, 0.6) is 5.75 Å². The molecule has 0 bridgehead atoms. The average Bonchev–Trinajstić information content (AvgIpc) is 2.54. The second-order valence-corrected chi connectivity index (χ2v) is 7.49. The van der Waals surface area contributed by atoms with E-state index in [2.05, 4.69) is 13.8 Å². The van der Waals surface area contributed by atoms with Gasteiger partial charge in [0.2, 0.25) is 10.0 Å². The lowest BCUT2D eigenvalue weighted by Crippen LogP contribution is -3.17. The molecule has 1 fully saturated rings. The highest BCUT2D eigenvalue weighted by molar-refractivity contribution is 7.89. The molecule has 0 spiro atoms. The lowest BCUT2D eigenvalue weighted by molar-refractivity contribution is -0.927. The molecule has 1 atom stereocenters. The minimum Gasteiger partial charge on any atom is -0.497 e. The number of hydrogen-bond acceptors (Lipinski definition) is 3. The van der Waals surface area contributed by atoms with Crippen LogP contribution in [-0.4, -0.2) is 52.1 Å². The second-order valence-electron chi connectivity index (χ2n) is 5.55. The molecule has 0 unspecified atom stereocenters. The van der Waals surface area contributed by atoms with Gasteiger partial charge in [0.05, 0.1) is 44.2 Å². The molecule has 0 amide bonds. The Kier molecular flexibility index (Phi) is 5.24. The van der Waals surface area contributed by atoms with Crippen LogP contribution < -0.4 is 9.64 Å². The number of ether oxygens (including phenoxy) is 1. The Hall–Kier alpha value is -1.11. The topological polar surface area (TPSA) is 51.0 Å². The van der Waals surface area contributed by atoms with Crippen LogP contribution in [0.1, 0.15) is 20.3 Å². The van der Waals surface area contributed by atoms with E-state index in [1.807, 2.05) is 0 Å². The van der Waals surface area contributed by atoms with E-state index in [1.54, 1.807) is 35.7 Å². The fraction of sp³-hybridized carbons (Fsp3) is 0.600. The van der Waals surface area contributed by atoms with E-state index < -0.39 is 10.0 Å². The van der Waals surface area contributed by atoms with Crippen molar-refractivity contribution in [3.63, 3.8) is 0 Å². The molecule has 0 aliphatic carbocycles. The molecule has 0 radical (unpaired) electrons. The molecule has 1 heterocycles. The fourth-order valence-corrected chi connectivity index (χ4v) is 4.13. The standard InChI is InChI=1S/C15H24N2O3S/c1-4-13(2)16-9-11-17(12-10-16)21(18,19)15-7-5-14(20-3)6-8-15/h5-8,13H,4,9-12H2,1-3H3/p+1/t13-/m1/s1. The van der Waals surface area contributed by atoms with Crippen molar-refractivity contribution in [2.45, 2.75) is 31.2 Å². The molecule has 2 rings (SSSR count). The first-order chi connectivity index (χ1) is 9.98. The van der Waals surface area contributed by atoms with Crippen molar-refractivity contribution in [3.8, 4) is 5.75 Å². The summed E-state index contributed by atoms with van der Waals surface area (Å²) in [5.41, 5.74) is 0. The average molecular weight is 313 g/mol. The first-order valence-electron chi connectivity index (χ1n) is 7.47. The van der Waals surface area contributed by atoms with Crippen LogP contribution in [0.4, 0.5) is 0 Å². The minimum atomic E-state index is -3.38. The van der Waals surface area contributed by atoms with Crippen molar-refractivity contribution < 1.29 is 18.1 Å². The number of nitrogens with one attached hydrogen (secondary N) is 1. The third-order valence-electron chi connectivity index (χ3n) is 4.37. The van der Waals surface area contributed by atoms with Gasteiger partial charge in [-0.2, -0.15) is 4.31 Å². The van der Waals surface area contributed by atoms with Gasteiger partial charge in [-0.15, -0.1) is 0 Å². The third kappa shape index (κ3) is 3.56. The molecule has 0 saturated carbocycles. The van der Waals surface area contributed by atoms with E-state index >= 15 is 0 Å². The highest BCUT2D eigenvalue weighted by atomic mass is 32.2. The summed E-state index contributed by atoms with van der Waals surface area (Å²) in [7, 11) is -1.81. The van der Waals surface area contributed by atoms with Crippen LogP contribution in [0.3, 0.4) is 0 Å². The molecule has 1 aliphatic heterocycles. The molecule has 1 saturated heterocycles. The number of benzene rings is 1. The van der Waals surface area contributed by atoms with E-state index in [-0.39, 0.29) is 0 Å². The van der Waals surface area contributed by atoms with Gasteiger partial charge in [-0.05, 0) is 37.6 Å². The largest absolute Gasteiger partial charge is 0.497 e. The number of rotatable bonds is 5. The lowest BCUT2D eigenvalue weighted by Gasteiger charge is -2.34. The lowest BCUT2D eigenvalue weighted by atomic mass is 10.2. The zero-order valence-electron chi connectivity index (χ0n) is 13.0. The maximum absolute atomic E-state index is 12.6. The Balaban J connectivity index is 2.07. The van der Waals surface area contributed by atoms with Gasteiger partial charge >= 0.3 is 0 Å². The molecule has 21 heavy (non-hydrogen) atoms. The predicted octanol–water partition coefficient (Wildman–Crippen LogP) is 0.383. The molecular weight excluding hydrogens is 288 g/mol. The first kappa shape index (κ1) is 16.3. The maximum atomic E-state index is 12.6. The van der Waals surface area contributed by atoms with E-state index in [0.717, 1.165) is 19.5 Å². The summed E-state index contributed by atoms with van der Waals surface area (Å²) >= 11 is 0. The predicted molar refractivity (Wildman–Crippen MR) is 82.2 cm³/mol. The van der Waals surface area contributed by atoms with Crippen LogP contribution in [0.25, 0.3) is 0 Å². The minimum absolute atomic E-state index is 0.343. The summed E-state index contributed by atoms with van der Waals surface area (Å²) in [6.07, 6.45) is 1.13. The Morgan fingerprint density at radius 3 is 2.29 bits per heavy atom. The summed E-state index contributed by atoms with van der Waals surface area (Å²) in [6, 6.07) is 7.20. The molecule has 1 N–H and O–H groups in total. The van der Waals surface area contributed by atoms with Crippen molar-refractivity contribution >= 4 is 10.0 Å². The molecular formula is C15H25N2O3S+. The van der Waals surface area contributed by atoms with Crippen LogP contribution in [-0.2, 0) is 10.0 Å². The van der Waals surface area contributed by atoms with Gasteiger partial charge in [0.15, 0.2) is 0 Å². The zero-order valence-corrected chi connectivity index (χ0v) is 13.8. The Morgan fingerprint density at radius 2 is 1.81 bits per heavy atom. The van der Waals surface area contributed by atoms with Gasteiger partial charge in [-0.25, -0.2) is 8.42 Å². The van der Waals surface area contributed by atoms with Gasteiger partial charge in [0.1, 0.15) is 5.75 Å². The first-order valence-corrected chi connectivity index (χ1v) is 8.91. The van der Waals surface area contributed by atoms with Gasteiger partial charge in [0.25, 0.3) is 0 Å². The van der Waals surface area contributed by atoms with Gasteiger partial charge in [0, 0.05) is 0 Å². The number of piperazine rings is 1. The van der Waals surface area contributed by atoms with Crippen molar-refractivity contribution in [2.75, 3.05) is 33.3 Å². The van der Waals surface area contributed by atoms with E-state index in [9.17, 15) is 8.42 Å². The van der Waals surface area contributed by atoms with E-state index in [1.165, 1.54) is 4.90 Å². The van der Waals surface area contributed by atoms with Crippen LogP contribution >= 0.6 is 0 Å². The molecule has 0 aromatic heterocycles. The highest BCUT2D eigenvalue weighted by Crippen LogP contribution is 2.19. The van der Waals surface area contributed by atoms with Crippen molar-refractivity contribution in [1.82, 2.24) is 4.31 Å². The SMILES string of the molecule is CC[C@@H](C)[NH+]1CCN(S(=O)(=O)c2ccc(OC)cc2)CC1. The molecule has 1 aliphatic rings. The monoisotopic (exact) mass is 313 g/mol. The Bertz CT molecular complexity index is 549.